The third-order valence-corrected chi connectivity index (χ3v) is 3.92. The quantitative estimate of drug-likeness (QED) is 0.821. The van der Waals surface area contributed by atoms with Crippen LogP contribution < -0.4 is 4.74 Å². The number of ketones is 1. The monoisotopic (exact) mass is 246 g/mol. The van der Waals surface area contributed by atoms with Crippen molar-refractivity contribution in [1.29, 1.82) is 0 Å². The second-order valence-electron chi connectivity index (χ2n) is 5.12. The number of Topliss-reactive ketones (excluding diaryl/α,β-unsaturated/α-hetero) is 1. The van der Waals surface area contributed by atoms with Crippen LogP contribution in [0.4, 0.5) is 0 Å². The van der Waals surface area contributed by atoms with E-state index in [2.05, 4.69) is 12.1 Å². The molecule has 2 aliphatic rings. The summed E-state index contributed by atoms with van der Waals surface area (Å²) in [6, 6.07) is 6.30. The molecule has 0 radical (unpaired) electrons. The number of rotatable bonds is 3. The summed E-state index contributed by atoms with van der Waals surface area (Å²) in [4.78, 5) is 11.3. The first-order valence-corrected chi connectivity index (χ1v) is 6.62. The number of carbonyl (C=O) groups excluding carboxylic acids is 1. The second-order valence-corrected chi connectivity index (χ2v) is 5.12. The van der Waals surface area contributed by atoms with Gasteiger partial charge in [-0.15, -0.1) is 0 Å². The van der Waals surface area contributed by atoms with Crippen molar-refractivity contribution in [3.63, 3.8) is 0 Å². The summed E-state index contributed by atoms with van der Waals surface area (Å²) in [6.07, 6.45) is 4.86. The van der Waals surface area contributed by atoms with Gasteiger partial charge in [-0.1, -0.05) is 6.07 Å². The molecule has 1 aromatic rings. The molecule has 0 amide bonds. The van der Waals surface area contributed by atoms with Crippen LogP contribution in [-0.4, -0.2) is 25.1 Å². The van der Waals surface area contributed by atoms with Crippen molar-refractivity contribution in [3.8, 4) is 5.75 Å². The third-order valence-electron chi connectivity index (χ3n) is 3.92. The molecule has 2 unspecified atom stereocenters. The van der Waals surface area contributed by atoms with E-state index in [-0.39, 0.29) is 18.0 Å². The van der Waals surface area contributed by atoms with Crippen LogP contribution in [0.15, 0.2) is 18.2 Å². The number of methoxy groups -OCH3 is 1. The lowest BCUT2D eigenvalue weighted by Gasteiger charge is -2.33. The summed E-state index contributed by atoms with van der Waals surface area (Å²) in [6.45, 7) is 0. The molecule has 0 bridgehead atoms. The van der Waals surface area contributed by atoms with E-state index in [0.717, 1.165) is 12.2 Å². The van der Waals surface area contributed by atoms with Gasteiger partial charge in [0.1, 0.15) is 11.9 Å². The molecule has 0 aromatic heterocycles. The van der Waals surface area contributed by atoms with Crippen molar-refractivity contribution in [3.05, 3.63) is 29.3 Å². The van der Waals surface area contributed by atoms with Crippen molar-refractivity contribution in [1.82, 2.24) is 0 Å². The zero-order chi connectivity index (χ0) is 12.5. The van der Waals surface area contributed by atoms with E-state index in [1.165, 1.54) is 30.4 Å². The smallest absolute Gasteiger partial charge is 0.169 e. The van der Waals surface area contributed by atoms with Gasteiger partial charge in [-0.05, 0) is 48.9 Å². The lowest BCUT2D eigenvalue weighted by molar-refractivity contribution is -0.150. The predicted molar refractivity (Wildman–Crippen MR) is 67.9 cm³/mol. The van der Waals surface area contributed by atoms with E-state index in [1.807, 2.05) is 6.07 Å². The SMILES string of the molecule is COC1C(=O)CC1Oc1ccc2c(c1)CCCC2. The highest BCUT2D eigenvalue weighted by Gasteiger charge is 2.42. The van der Waals surface area contributed by atoms with Gasteiger partial charge in [0.2, 0.25) is 0 Å². The van der Waals surface area contributed by atoms with Crippen LogP contribution in [0.1, 0.15) is 30.4 Å². The van der Waals surface area contributed by atoms with Crippen LogP contribution in [0.5, 0.6) is 5.75 Å². The summed E-state index contributed by atoms with van der Waals surface area (Å²) < 4.78 is 11.0. The highest BCUT2D eigenvalue weighted by atomic mass is 16.5. The maximum Gasteiger partial charge on any atom is 0.169 e. The van der Waals surface area contributed by atoms with Gasteiger partial charge in [-0.3, -0.25) is 4.79 Å². The Morgan fingerprint density at radius 3 is 2.67 bits per heavy atom. The number of hydrogen-bond donors (Lipinski definition) is 0. The Balaban J connectivity index is 1.72. The normalized spacial score (nSPS) is 26.4. The minimum Gasteiger partial charge on any atom is -0.487 e. The molecule has 3 heteroatoms. The van der Waals surface area contributed by atoms with Gasteiger partial charge in [-0.2, -0.15) is 0 Å². The molecule has 2 atom stereocenters. The van der Waals surface area contributed by atoms with E-state index in [4.69, 9.17) is 9.47 Å². The van der Waals surface area contributed by atoms with E-state index >= 15 is 0 Å². The van der Waals surface area contributed by atoms with Crippen molar-refractivity contribution in [2.24, 2.45) is 0 Å². The van der Waals surface area contributed by atoms with Crippen molar-refractivity contribution in [2.45, 2.75) is 44.3 Å². The van der Waals surface area contributed by atoms with Gasteiger partial charge in [0.15, 0.2) is 11.9 Å². The largest absolute Gasteiger partial charge is 0.487 e. The molecule has 1 saturated carbocycles. The highest BCUT2D eigenvalue weighted by Crippen LogP contribution is 2.29. The molecular formula is C15H18O3. The van der Waals surface area contributed by atoms with Crippen LogP contribution in [0, 0.1) is 0 Å². The van der Waals surface area contributed by atoms with Gasteiger partial charge >= 0.3 is 0 Å². The molecule has 0 spiro atoms. The molecule has 96 valence electrons. The number of fused-ring (bicyclic) bond motifs is 1. The van der Waals surface area contributed by atoms with Gasteiger partial charge in [0.05, 0.1) is 0 Å². The fourth-order valence-corrected chi connectivity index (χ4v) is 2.81. The number of ether oxygens (including phenoxy) is 2. The van der Waals surface area contributed by atoms with Crippen molar-refractivity contribution >= 4 is 5.78 Å². The van der Waals surface area contributed by atoms with E-state index in [9.17, 15) is 4.79 Å². The lowest BCUT2D eigenvalue weighted by Crippen LogP contribution is -2.51. The highest BCUT2D eigenvalue weighted by molar-refractivity contribution is 5.90. The van der Waals surface area contributed by atoms with Crippen LogP contribution in [-0.2, 0) is 22.4 Å². The van der Waals surface area contributed by atoms with Crippen molar-refractivity contribution in [2.75, 3.05) is 7.11 Å². The maximum absolute atomic E-state index is 11.3. The Labute approximate surface area is 107 Å². The predicted octanol–water partition coefficient (Wildman–Crippen LogP) is 2.30. The minimum atomic E-state index is -0.374. The van der Waals surface area contributed by atoms with Crippen LogP contribution >= 0.6 is 0 Å². The fraction of sp³-hybridized carbons (Fsp3) is 0.533. The first kappa shape index (κ1) is 11.7. The zero-order valence-electron chi connectivity index (χ0n) is 10.6. The standard InChI is InChI=1S/C15H18O3/c1-17-15-13(16)9-14(15)18-12-7-6-10-4-2-3-5-11(10)8-12/h6-8,14-15H,2-5,9H2,1H3. The lowest BCUT2D eigenvalue weighted by atomic mass is 9.89. The molecule has 0 N–H and O–H groups in total. The summed E-state index contributed by atoms with van der Waals surface area (Å²) in [7, 11) is 1.56. The van der Waals surface area contributed by atoms with Crippen LogP contribution in [0.3, 0.4) is 0 Å². The minimum absolute atomic E-state index is 0.107. The first-order chi connectivity index (χ1) is 8.78. The van der Waals surface area contributed by atoms with E-state index in [1.54, 1.807) is 7.11 Å². The van der Waals surface area contributed by atoms with Gasteiger partial charge in [0, 0.05) is 13.5 Å². The Hall–Kier alpha value is -1.35. The molecule has 3 rings (SSSR count). The van der Waals surface area contributed by atoms with E-state index in [0.29, 0.717) is 6.42 Å². The fourth-order valence-electron chi connectivity index (χ4n) is 2.81. The molecule has 0 saturated heterocycles. The molecule has 3 nitrogen and oxygen atoms in total. The van der Waals surface area contributed by atoms with Gasteiger partial charge < -0.3 is 9.47 Å². The molecule has 0 aliphatic heterocycles. The number of aryl methyl sites for hydroxylation is 2. The maximum atomic E-state index is 11.3. The van der Waals surface area contributed by atoms with E-state index < -0.39 is 0 Å². The molecule has 1 aromatic carbocycles. The average molecular weight is 246 g/mol. The average Bonchev–Trinajstić information content (AvgIpc) is 2.38. The summed E-state index contributed by atoms with van der Waals surface area (Å²) in [5.41, 5.74) is 2.85. The van der Waals surface area contributed by atoms with Gasteiger partial charge in [0.25, 0.3) is 0 Å². The summed E-state index contributed by atoms with van der Waals surface area (Å²) in [5.74, 6) is 1.01. The first-order valence-electron chi connectivity index (χ1n) is 6.62. The Morgan fingerprint density at radius 1 is 1.17 bits per heavy atom. The summed E-state index contributed by atoms with van der Waals surface area (Å²) in [5, 5.41) is 0. The Kier molecular flexibility index (Phi) is 3.08. The summed E-state index contributed by atoms with van der Waals surface area (Å²) >= 11 is 0. The molecular weight excluding hydrogens is 228 g/mol. The molecule has 1 fully saturated rings. The van der Waals surface area contributed by atoms with Crippen molar-refractivity contribution < 1.29 is 14.3 Å². The number of benzene rings is 1. The zero-order valence-corrected chi connectivity index (χ0v) is 10.6. The Bertz CT molecular complexity index is 467. The number of hydrogen-bond acceptors (Lipinski definition) is 3. The molecule has 18 heavy (non-hydrogen) atoms. The van der Waals surface area contributed by atoms with Crippen LogP contribution in [0.2, 0.25) is 0 Å². The molecule has 2 aliphatic carbocycles. The number of carbonyl (C=O) groups is 1. The third kappa shape index (κ3) is 2.03. The Morgan fingerprint density at radius 2 is 1.94 bits per heavy atom. The molecule has 0 heterocycles. The van der Waals surface area contributed by atoms with Gasteiger partial charge in [-0.25, -0.2) is 0 Å². The second kappa shape index (κ2) is 4.73. The van der Waals surface area contributed by atoms with Crippen LogP contribution in [0.25, 0.3) is 0 Å². The topological polar surface area (TPSA) is 35.5 Å².